The van der Waals surface area contributed by atoms with Crippen molar-refractivity contribution in [3.05, 3.63) is 0 Å². The molecule has 2 atom stereocenters. The van der Waals surface area contributed by atoms with Crippen molar-refractivity contribution < 1.29 is 19.4 Å². The molecule has 1 heterocycles. The molecular weight excluding hydrogens is 224 g/mol. The first-order valence-corrected chi connectivity index (χ1v) is 6.01. The van der Waals surface area contributed by atoms with Gasteiger partial charge in [0.05, 0.1) is 12.1 Å². The lowest BCUT2D eigenvalue weighted by molar-refractivity contribution is -0.137. The summed E-state index contributed by atoms with van der Waals surface area (Å²) in [6, 6.07) is -0.177. The molecule has 1 saturated heterocycles. The van der Waals surface area contributed by atoms with Crippen LogP contribution < -0.4 is 10.6 Å². The SMILES string of the molecule is CC[C@@H]1OCC[C@H]1NC(=O)NCCCC(=O)O. The van der Waals surface area contributed by atoms with Crippen LogP contribution in [0.25, 0.3) is 0 Å². The molecule has 1 aliphatic rings. The Balaban J connectivity index is 2.14. The summed E-state index contributed by atoms with van der Waals surface area (Å²) in [5.41, 5.74) is 0. The number of ether oxygens (including phenoxy) is 1. The number of hydrogen-bond acceptors (Lipinski definition) is 3. The Morgan fingerprint density at radius 2 is 2.24 bits per heavy atom. The van der Waals surface area contributed by atoms with E-state index in [-0.39, 0.29) is 24.6 Å². The van der Waals surface area contributed by atoms with E-state index in [0.717, 1.165) is 12.8 Å². The van der Waals surface area contributed by atoms with Gasteiger partial charge in [-0.3, -0.25) is 4.79 Å². The summed E-state index contributed by atoms with van der Waals surface area (Å²) in [5.74, 6) is -0.845. The first-order chi connectivity index (χ1) is 8.13. The van der Waals surface area contributed by atoms with Gasteiger partial charge in [-0.1, -0.05) is 6.92 Å². The summed E-state index contributed by atoms with van der Waals surface area (Å²) in [6.07, 6.45) is 2.33. The van der Waals surface area contributed by atoms with Crippen LogP contribution >= 0.6 is 0 Å². The van der Waals surface area contributed by atoms with Crippen LogP contribution in [0.3, 0.4) is 0 Å². The summed E-state index contributed by atoms with van der Waals surface area (Å²) in [4.78, 5) is 21.7. The van der Waals surface area contributed by atoms with Crippen LogP contribution in [0.15, 0.2) is 0 Å². The highest BCUT2D eigenvalue weighted by Crippen LogP contribution is 2.15. The second-order valence-corrected chi connectivity index (χ2v) is 4.11. The molecule has 0 unspecified atom stereocenters. The van der Waals surface area contributed by atoms with Gasteiger partial charge in [-0.2, -0.15) is 0 Å². The van der Waals surface area contributed by atoms with Gasteiger partial charge in [0.1, 0.15) is 0 Å². The van der Waals surface area contributed by atoms with Crippen LogP contribution in [0.4, 0.5) is 4.79 Å². The molecule has 6 heteroatoms. The molecule has 1 rings (SSSR count). The van der Waals surface area contributed by atoms with Crippen LogP contribution in [0.5, 0.6) is 0 Å². The Bertz CT molecular complexity index is 270. The maximum absolute atomic E-state index is 11.5. The summed E-state index contributed by atoms with van der Waals surface area (Å²) in [7, 11) is 0. The largest absolute Gasteiger partial charge is 0.481 e. The lowest BCUT2D eigenvalue weighted by Crippen LogP contribution is -2.45. The molecule has 98 valence electrons. The van der Waals surface area contributed by atoms with Gasteiger partial charge in [0.25, 0.3) is 0 Å². The molecule has 0 spiro atoms. The van der Waals surface area contributed by atoms with E-state index in [0.29, 0.717) is 19.6 Å². The van der Waals surface area contributed by atoms with Crippen LogP contribution in [0, 0.1) is 0 Å². The van der Waals surface area contributed by atoms with Gasteiger partial charge in [0.15, 0.2) is 0 Å². The zero-order valence-corrected chi connectivity index (χ0v) is 10.1. The predicted octanol–water partition coefficient (Wildman–Crippen LogP) is 0.718. The Morgan fingerprint density at radius 1 is 1.47 bits per heavy atom. The second kappa shape index (κ2) is 7.11. The van der Waals surface area contributed by atoms with Crippen LogP contribution in [-0.2, 0) is 9.53 Å². The molecular formula is C11H20N2O4. The smallest absolute Gasteiger partial charge is 0.315 e. The van der Waals surface area contributed by atoms with Crippen LogP contribution in [-0.4, -0.2) is 42.4 Å². The number of carbonyl (C=O) groups is 2. The van der Waals surface area contributed by atoms with Crippen molar-refractivity contribution >= 4 is 12.0 Å². The van der Waals surface area contributed by atoms with Gasteiger partial charge in [-0.15, -0.1) is 0 Å². The van der Waals surface area contributed by atoms with E-state index in [2.05, 4.69) is 10.6 Å². The Hall–Kier alpha value is -1.30. The maximum atomic E-state index is 11.5. The van der Waals surface area contributed by atoms with Crippen molar-refractivity contribution in [2.24, 2.45) is 0 Å². The van der Waals surface area contributed by atoms with Gasteiger partial charge in [-0.25, -0.2) is 4.79 Å². The van der Waals surface area contributed by atoms with Crippen molar-refractivity contribution in [3.8, 4) is 0 Å². The molecule has 1 aliphatic heterocycles. The topological polar surface area (TPSA) is 87.7 Å². The van der Waals surface area contributed by atoms with E-state index < -0.39 is 5.97 Å². The highest BCUT2D eigenvalue weighted by atomic mass is 16.5. The van der Waals surface area contributed by atoms with E-state index in [9.17, 15) is 9.59 Å². The fourth-order valence-electron chi connectivity index (χ4n) is 1.88. The molecule has 0 aromatic carbocycles. The van der Waals surface area contributed by atoms with Gasteiger partial charge in [0.2, 0.25) is 0 Å². The van der Waals surface area contributed by atoms with Gasteiger partial charge in [0, 0.05) is 19.6 Å². The molecule has 3 N–H and O–H groups in total. The van der Waals surface area contributed by atoms with Gasteiger partial charge >= 0.3 is 12.0 Å². The third-order valence-corrected chi connectivity index (χ3v) is 2.78. The van der Waals surface area contributed by atoms with Gasteiger partial charge in [-0.05, 0) is 19.3 Å². The first kappa shape index (κ1) is 13.8. The van der Waals surface area contributed by atoms with Crippen LogP contribution in [0.2, 0.25) is 0 Å². The lowest BCUT2D eigenvalue weighted by Gasteiger charge is -2.18. The fraction of sp³-hybridized carbons (Fsp3) is 0.818. The normalized spacial score (nSPS) is 23.4. The molecule has 0 bridgehead atoms. The van der Waals surface area contributed by atoms with E-state index in [1.54, 1.807) is 0 Å². The first-order valence-electron chi connectivity index (χ1n) is 6.01. The summed E-state index contributed by atoms with van der Waals surface area (Å²) in [5, 5.41) is 13.9. The Kier molecular flexibility index (Phi) is 5.76. The molecule has 0 aromatic heterocycles. The number of hydrogen-bond donors (Lipinski definition) is 3. The molecule has 1 fully saturated rings. The fourth-order valence-corrected chi connectivity index (χ4v) is 1.88. The number of carboxylic acids is 1. The third kappa shape index (κ3) is 5.04. The standard InChI is InChI=1S/C11H20N2O4/c1-2-9-8(5-7-17-9)13-11(16)12-6-3-4-10(14)15/h8-9H,2-7H2,1H3,(H,14,15)(H2,12,13,16)/t8-,9+/m1/s1. The minimum absolute atomic E-state index is 0.0690. The molecule has 0 aromatic rings. The molecule has 0 saturated carbocycles. The van der Waals surface area contributed by atoms with E-state index >= 15 is 0 Å². The Morgan fingerprint density at radius 3 is 2.88 bits per heavy atom. The molecule has 2 amide bonds. The highest BCUT2D eigenvalue weighted by Gasteiger charge is 2.27. The van der Waals surface area contributed by atoms with Crippen LogP contribution in [0.1, 0.15) is 32.6 Å². The van der Waals surface area contributed by atoms with Crippen molar-refractivity contribution in [2.45, 2.75) is 44.8 Å². The third-order valence-electron chi connectivity index (χ3n) is 2.78. The van der Waals surface area contributed by atoms with E-state index in [4.69, 9.17) is 9.84 Å². The number of carboxylic acid groups (broad SMARTS) is 1. The molecule has 0 radical (unpaired) electrons. The highest BCUT2D eigenvalue weighted by molar-refractivity contribution is 5.74. The molecule has 6 nitrogen and oxygen atoms in total. The number of carbonyl (C=O) groups excluding carboxylic acids is 1. The maximum Gasteiger partial charge on any atom is 0.315 e. The van der Waals surface area contributed by atoms with E-state index in [1.165, 1.54) is 0 Å². The number of aliphatic carboxylic acids is 1. The lowest BCUT2D eigenvalue weighted by atomic mass is 10.1. The number of nitrogens with one attached hydrogen (secondary N) is 2. The Labute approximate surface area is 101 Å². The summed E-state index contributed by atoms with van der Waals surface area (Å²) >= 11 is 0. The summed E-state index contributed by atoms with van der Waals surface area (Å²) in [6.45, 7) is 3.08. The van der Waals surface area contributed by atoms with Crippen molar-refractivity contribution in [2.75, 3.05) is 13.2 Å². The minimum Gasteiger partial charge on any atom is -0.481 e. The summed E-state index contributed by atoms with van der Waals surface area (Å²) < 4.78 is 5.45. The van der Waals surface area contributed by atoms with Gasteiger partial charge < -0.3 is 20.5 Å². The monoisotopic (exact) mass is 244 g/mol. The average molecular weight is 244 g/mol. The minimum atomic E-state index is -0.845. The van der Waals surface area contributed by atoms with Crippen molar-refractivity contribution in [1.29, 1.82) is 0 Å². The quantitative estimate of drug-likeness (QED) is 0.601. The zero-order valence-electron chi connectivity index (χ0n) is 10.1. The zero-order chi connectivity index (χ0) is 12.7. The predicted molar refractivity (Wildman–Crippen MR) is 61.8 cm³/mol. The number of urea groups is 1. The number of rotatable bonds is 6. The molecule has 17 heavy (non-hydrogen) atoms. The second-order valence-electron chi connectivity index (χ2n) is 4.11. The van der Waals surface area contributed by atoms with E-state index in [1.807, 2.05) is 6.92 Å². The van der Waals surface area contributed by atoms with Crippen molar-refractivity contribution in [3.63, 3.8) is 0 Å². The molecule has 0 aliphatic carbocycles. The average Bonchev–Trinajstić information content (AvgIpc) is 2.71. The number of amides is 2. The van der Waals surface area contributed by atoms with Crippen molar-refractivity contribution in [1.82, 2.24) is 10.6 Å².